The smallest absolute Gasteiger partial charge is 0.328 e. The first-order valence-electron chi connectivity index (χ1n) is 6.70. The monoisotopic (exact) mass is 253 g/mol. The van der Waals surface area contributed by atoms with Crippen LogP contribution in [-0.2, 0) is 4.74 Å². The number of amides is 4. The fraction of sp³-hybridized carbons (Fsp3) is 0.833. The number of carbonyl (C=O) groups is 2. The van der Waals surface area contributed by atoms with Crippen molar-refractivity contribution in [2.45, 2.75) is 25.4 Å². The molecule has 0 bridgehead atoms. The van der Waals surface area contributed by atoms with Gasteiger partial charge in [-0.25, -0.2) is 14.5 Å². The zero-order valence-electron chi connectivity index (χ0n) is 10.4. The van der Waals surface area contributed by atoms with Gasteiger partial charge in [-0.2, -0.15) is 0 Å². The Morgan fingerprint density at radius 1 is 1.33 bits per heavy atom. The average molecular weight is 253 g/mol. The number of hydrogen-bond donors (Lipinski definition) is 1. The van der Waals surface area contributed by atoms with Crippen molar-refractivity contribution in [1.82, 2.24) is 15.1 Å². The molecule has 1 saturated carbocycles. The van der Waals surface area contributed by atoms with Gasteiger partial charge < -0.3 is 15.0 Å². The number of ether oxygens (including phenoxy) is 1. The first-order chi connectivity index (χ1) is 8.74. The molecule has 0 aromatic carbocycles. The molecule has 1 N–H and O–H groups in total. The number of hydrogen-bond acceptors (Lipinski definition) is 3. The molecule has 0 aromatic heterocycles. The molecule has 1 atom stereocenters. The summed E-state index contributed by atoms with van der Waals surface area (Å²) in [6.07, 6.45) is 3.60. The minimum atomic E-state index is -0.276. The summed E-state index contributed by atoms with van der Waals surface area (Å²) in [5.74, 6) is 0.749. The zero-order valence-corrected chi connectivity index (χ0v) is 10.4. The van der Waals surface area contributed by atoms with Crippen molar-refractivity contribution >= 4 is 12.1 Å². The van der Waals surface area contributed by atoms with Crippen LogP contribution in [0.1, 0.15) is 19.3 Å². The van der Waals surface area contributed by atoms with E-state index in [4.69, 9.17) is 4.74 Å². The van der Waals surface area contributed by atoms with Crippen LogP contribution in [0, 0.1) is 5.92 Å². The van der Waals surface area contributed by atoms with Crippen LogP contribution in [0.2, 0.25) is 0 Å². The fourth-order valence-electron chi connectivity index (χ4n) is 2.42. The van der Waals surface area contributed by atoms with Crippen LogP contribution in [0.3, 0.4) is 0 Å². The predicted molar refractivity (Wildman–Crippen MR) is 64.2 cm³/mol. The molecular formula is C12H19N3O3. The number of carbonyl (C=O) groups excluding carboxylic acids is 2. The van der Waals surface area contributed by atoms with Crippen LogP contribution in [0.25, 0.3) is 0 Å². The molecule has 2 aliphatic heterocycles. The molecule has 0 aromatic rings. The van der Waals surface area contributed by atoms with E-state index in [1.807, 2.05) is 0 Å². The third-order valence-corrected chi connectivity index (χ3v) is 3.77. The summed E-state index contributed by atoms with van der Waals surface area (Å²) in [6.45, 7) is 3.17. The maximum atomic E-state index is 12.1. The van der Waals surface area contributed by atoms with Crippen LogP contribution in [0.5, 0.6) is 0 Å². The number of rotatable bonds is 3. The lowest BCUT2D eigenvalue weighted by atomic mass is 10.3. The third kappa shape index (κ3) is 2.43. The van der Waals surface area contributed by atoms with Crippen molar-refractivity contribution in [3.63, 3.8) is 0 Å². The normalized spacial score (nSPS) is 27.8. The molecule has 2 saturated heterocycles. The van der Waals surface area contributed by atoms with Crippen LogP contribution in [-0.4, -0.2) is 60.8 Å². The van der Waals surface area contributed by atoms with E-state index in [0.29, 0.717) is 26.2 Å². The topological polar surface area (TPSA) is 61.9 Å². The molecule has 6 nitrogen and oxygen atoms in total. The van der Waals surface area contributed by atoms with Crippen molar-refractivity contribution < 1.29 is 14.3 Å². The van der Waals surface area contributed by atoms with Gasteiger partial charge in [0.1, 0.15) is 0 Å². The average Bonchev–Trinajstić information content (AvgIpc) is 2.90. The summed E-state index contributed by atoms with van der Waals surface area (Å²) >= 11 is 0. The minimum Gasteiger partial charge on any atom is -0.376 e. The molecule has 1 unspecified atom stereocenters. The quantitative estimate of drug-likeness (QED) is 0.802. The van der Waals surface area contributed by atoms with Gasteiger partial charge in [0, 0.05) is 32.8 Å². The van der Waals surface area contributed by atoms with Gasteiger partial charge in [-0.3, -0.25) is 0 Å². The number of nitrogens with one attached hydrogen (secondary N) is 1. The van der Waals surface area contributed by atoms with E-state index < -0.39 is 0 Å². The van der Waals surface area contributed by atoms with Crippen LogP contribution < -0.4 is 5.32 Å². The molecule has 6 heteroatoms. The SMILES string of the molecule is O=C1NCCN1C(=O)N1CCC(OCC2CC2)C1. The van der Waals surface area contributed by atoms with E-state index in [0.717, 1.165) is 18.9 Å². The Hall–Kier alpha value is -1.30. The lowest BCUT2D eigenvalue weighted by Crippen LogP contribution is -2.44. The van der Waals surface area contributed by atoms with Gasteiger partial charge in [0.25, 0.3) is 0 Å². The molecule has 3 aliphatic rings. The van der Waals surface area contributed by atoms with Crippen LogP contribution in [0.4, 0.5) is 9.59 Å². The Labute approximate surface area is 106 Å². The highest BCUT2D eigenvalue weighted by molar-refractivity contribution is 5.95. The van der Waals surface area contributed by atoms with E-state index in [9.17, 15) is 9.59 Å². The molecule has 3 rings (SSSR count). The van der Waals surface area contributed by atoms with E-state index >= 15 is 0 Å². The molecule has 100 valence electrons. The Morgan fingerprint density at radius 2 is 2.17 bits per heavy atom. The number of likely N-dealkylation sites (tertiary alicyclic amines) is 1. The Bertz CT molecular complexity index is 356. The zero-order chi connectivity index (χ0) is 12.5. The molecule has 2 heterocycles. The molecule has 0 spiro atoms. The minimum absolute atomic E-state index is 0.153. The first-order valence-corrected chi connectivity index (χ1v) is 6.70. The summed E-state index contributed by atoms with van der Waals surface area (Å²) in [5.41, 5.74) is 0. The maximum absolute atomic E-state index is 12.1. The standard InChI is InChI=1S/C12H19N3O3/c16-11-13-4-6-15(11)12(17)14-5-3-10(7-14)18-8-9-1-2-9/h9-10H,1-8H2,(H,13,16). The summed E-state index contributed by atoms with van der Waals surface area (Å²) < 4.78 is 5.78. The maximum Gasteiger partial charge on any atom is 0.328 e. The first kappa shape index (κ1) is 11.8. The lowest BCUT2D eigenvalue weighted by Gasteiger charge is -2.21. The highest BCUT2D eigenvalue weighted by Crippen LogP contribution is 2.30. The van der Waals surface area contributed by atoms with Crippen molar-refractivity contribution in [2.24, 2.45) is 5.92 Å². The second-order valence-electron chi connectivity index (χ2n) is 5.30. The van der Waals surface area contributed by atoms with E-state index in [1.165, 1.54) is 17.7 Å². The lowest BCUT2D eigenvalue weighted by molar-refractivity contribution is 0.0530. The van der Waals surface area contributed by atoms with Gasteiger partial charge in [-0.1, -0.05) is 0 Å². The Morgan fingerprint density at radius 3 is 2.83 bits per heavy atom. The van der Waals surface area contributed by atoms with Crippen molar-refractivity contribution in [3.05, 3.63) is 0 Å². The number of nitrogens with zero attached hydrogens (tertiary/aromatic N) is 2. The molecule has 3 fully saturated rings. The fourth-order valence-corrected chi connectivity index (χ4v) is 2.42. The van der Waals surface area contributed by atoms with Gasteiger partial charge in [-0.05, 0) is 25.2 Å². The van der Waals surface area contributed by atoms with Gasteiger partial charge in [0.05, 0.1) is 6.10 Å². The molecule has 4 amide bonds. The summed E-state index contributed by atoms with van der Waals surface area (Å²) in [4.78, 5) is 26.5. The van der Waals surface area contributed by atoms with Crippen LogP contribution in [0.15, 0.2) is 0 Å². The third-order valence-electron chi connectivity index (χ3n) is 3.77. The van der Waals surface area contributed by atoms with Crippen molar-refractivity contribution in [2.75, 3.05) is 32.8 Å². The van der Waals surface area contributed by atoms with Gasteiger partial charge in [0.2, 0.25) is 0 Å². The van der Waals surface area contributed by atoms with Gasteiger partial charge >= 0.3 is 12.1 Å². The highest BCUT2D eigenvalue weighted by atomic mass is 16.5. The second-order valence-corrected chi connectivity index (χ2v) is 5.30. The van der Waals surface area contributed by atoms with E-state index in [-0.39, 0.29) is 18.2 Å². The van der Waals surface area contributed by atoms with Crippen LogP contribution >= 0.6 is 0 Å². The van der Waals surface area contributed by atoms with E-state index in [2.05, 4.69) is 5.32 Å². The number of urea groups is 2. The van der Waals surface area contributed by atoms with Crippen molar-refractivity contribution in [1.29, 1.82) is 0 Å². The number of imide groups is 1. The molecule has 1 aliphatic carbocycles. The highest BCUT2D eigenvalue weighted by Gasteiger charge is 2.35. The van der Waals surface area contributed by atoms with E-state index in [1.54, 1.807) is 4.90 Å². The summed E-state index contributed by atoms with van der Waals surface area (Å²) in [7, 11) is 0. The second kappa shape index (κ2) is 4.76. The predicted octanol–water partition coefficient (Wildman–Crippen LogP) is 0.632. The Kier molecular flexibility index (Phi) is 3.11. The van der Waals surface area contributed by atoms with Gasteiger partial charge in [0.15, 0.2) is 0 Å². The van der Waals surface area contributed by atoms with Crippen molar-refractivity contribution in [3.8, 4) is 0 Å². The Balaban J connectivity index is 1.48. The molecular weight excluding hydrogens is 234 g/mol. The molecule has 0 radical (unpaired) electrons. The molecule has 18 heavy (non-hydrogen) atoms. The summed E-state index contributed by atoms with van der Waals surface area (Å²) in [6, 6.07) is -0.454. The largest absolute Gasteiger partial charge is 0.376 e. The van der Waals surface area contributed by atoms with Gasteiger partial charge in [-0.15, -0.1) is 0 Å². The summed E-state index contributed by atoms with van der Waals surface area (Å²) in [5, 5.41) is 2.64.